The Morgan fingerprint density at radius 1 is 1.15 bits per heavy atom. The SMILES string of the molecule is COCc1nc2c(OC)cccn2c1Cc1ccc2c(c1)COc1cc(F)ccc1C2=C(C)c1noc(=O)[nH]1. The number of hydrogen-bond acceptors (Lipinski definition) is 7. The molecule has 0 saturated carbocycles. The number of benzene rings is 2. The Morgan fingerprint density at radius 2 is 2.00 bits per heavy atom. The number of nitrogens with zero attached hydrogens (tertiary/aromatic N) is 3. The molecule has 1 aliphatic heterocycles. The first kappa shape index (κ1) is 24.6. The fourth-order valence-electron chi connectivity index (χ4n) is 5.09. The summed E-state index contributed by atoms with van der Waals surface area (Å²) >= 11 is 0. The molecule has 0 bridgehead atoms. The van der Waals surface area contributed by atoms with Crippen LogP contribution in [0.4, 0.5) is 4.39 Å². The van der Waals surface area contributed by atoms with Gasteiger partial charge < -0.3 is 18.6 Å². The van der Waals surface area contributed by atoms with E-state index in [1.165, 1.54) is 12.1 Å². The molecule has 5 aromatic rings. The third-order valence-corrected chi connectivity index (χ3v) is 6.87. The van der Waals surface area contributed by atoms with E-state index in [2.05, 4.69) is 16.2 Å². The molecule has 0 fully saturated rings. The molecule has 198 valence electrons. The van der Waals surface area contributed by atoms with Gasteiger partial charge in [-0.25, -0.2) is 14.2 Å². The van der Waals surface area contributed by atoms with E-state index in [0.29, 0.717) is 41.5 Å². The first-order chi connectivity index (χ1) is 19.0. The van der Waals surface area contributed by atoms with Crippen LogP contribution >= 0.6 is 0 Å². The zero-order chi connectivity index (χ0) is 27.1. The van der Waals surface area contributed by atoms with Gasteiger partial charge in [0.2, 0.25) is 0 Å². The van der Waals surface area contributed by atoms with Crippen molar-refractivity contribution < 1.29 is 23.1 Å². The predicted octanol–water partition coefficient (Wildman–Crippen LogP) is 4.77. The minimum Gasteiger partial charge on any atom is -0.493 e. The van der Waals surface area contributed by atoms with Crippen LogP contribution in [0, 0.1) is 5.82 Å². The number of pyridine rings is 1. The van der Waals surface area contributed by atoms with Crippen LogP contribution in [0.2, 0.25) is 0 Å². The smallest absolute Gasteiger partial charge is 0.439 e. The maximum Gasteiger partial charge on any atom is 0.439 e. The summed E-state index contributed by atoms with van der Waals surface area (Å²) in [7, 11) is 3.27. The highest BCUT2D eigenvalue weighted by Crippen LogP contribution is 2.41. The van der Waals surface area contributed by atoms with E-state index in [1.807, 2.05) is 41.8 Å². The largest absolute Gasteiger partial charge is 0.493 e. The van der Waals surface area contributed by atoms with Crippen molar-refractivity contribution in [1.29, 1.82) is 0 Å². The van der Waals surface area contributed by atoms with Crippen molar-refractivity contribution in [3.63, 3.8) is 0 Å². The highest BCUT2D eigenvalue weighted by molar-refractivity contribution is 5.99. The average molecular weight is 529 g/mol. The number of fused-ring (bicyclic) bond motifs is 3. The van der Waals surface area contributed by atoms with Crippen LogP contribution < -0.4 is 15.2 Å². The fraction of sp³-hybridized carbons (Fsp3) is 0.207. The van der Waals surface area contributed by atoms with Gasteiger partial charge in [0.25, 0.3) is 0 Å². The van der Waals surface area contributed by atoms with Crippen LogP contribution in [0.5, 0.6) is 11.5 Å². The molecule has 1 N–H and O–H groups in total. The number of imidazole rings is 1. The monoisotopic (exact) mass is 528 g/mol. The number of aromatic nitrogens is 4. The number of rotatable bonds is 6. The third kappa shape index (κ3) is 4.38. The van der Waals surface area contributed by atoms with E-state index in [0.717, 1.165) is 39.3 Å². The van der Waals surface area contributed by atoms with Gasteiger partial charge in [0.1, 0.15) is 18.2 Å². The molecule has 0 amide bonds. The molecule has 3 aromatic heterocycles. The number of H-pyrrole nitrogens is 1. The number of nitrogens with one attached hydrogen (secondary N) is 1. The molecule has 4 heterocycles. The second kappa shape index (κ2) is 9.88. The fourth-order valence-corrected chi connectivity index (χ4v) is 5.09. The van der Waals surface area contributed by atoms with Crippen molar-refractivity contribution in [2.75, 3.05) is 14.2 Å². The lowest BCUT2D eigenvalue weighted by Crippen LogP contribution is -2.03. The van der Waals surface area contributed by atoms with E-state index < -0.39 is 11.6 Å². The topological polar surface area (TPSA) is 104 Å². The zero-order valence-corrected chi connectivity index (χ0v) is 21.6. The number of allylic oxidation sites excluding steroid dienone is 1. The summed E-state index contributed by atoms with van der Waals surface area (Å²) in [6.45, 7) is 2.43. The Balaban J connectivity index is 1.48. The number of hydrogen-bond donors (Lipinski definition) is 1. The standard InChI is InChI=1S/C29H25FN4O5/c1-16(27-32-29(35)39-33-27)26-20-8-6-17(11-18(20)14-38-25-13-19(30)7-9-21(25)26)12-23-22(15-36-2)31-28-24(37-3)5-4-10-34(23)28/h4-11,13H,12,14-15H2,1-3H3,(H,32,33,35). The van der Waals surface area contributed by atoms with E-state index in [4.69, 9.17) is 23.7 Å². The predicted molar refractivity (Wildman–Crippen MR) is 141 cm³/mol. The molecule has 2 aromatic carbocycles. The minimum absolute atomic E-state index is 0.234. The van der Waals surface area contributed by atoms with E-state index in [9.17, 15) is 9.18 Å². The van der Waals surface area contributed by atoms with Crippen LogP contribution in [-0.2, 0) is 24.4 Å². The van der Waals surface area contributed by atoms with Gasteiger partial charge in [-0.15, -0.1) is 0 Å². The Bertz CT molecular complexity index is 1800. The molecule has 0 spiro atoms. The normalized spacial score (nSPS) is 13.9. The molecule has 39 heavy (non-hydrogen) atoms. The van der Waals surface area contributed by atoms with Gasteiger partial charge in [0.15, 0.2) is 17.2 Å². The van der Waals surface area contributed by atoms with Crippen molar-refractivity contribution >= 4 is 16.8 Å². The molecule has 9 nitrogen and oxygen atoms in total. The molecular formula is C29H25FN4O5. The third-order valence-electron chi connectivity index (χ3n) is 6.87. The Labute approximate surface area is 222 Å². The van der Waals surface area contributed by atoms with Crippen LogP contribution in [0.3, 0.4) is 0 Å². The van der Waals surface area contributed by atoms with Gasteiger partial charge in [-0.05, 0) is 53.5 Å². The molecule has 0 unspecified atom stereocenters. The van der Waals surface area contributed by atoms with Crippen LogP contribution in [0.15, 0.2) is 64.0 Å². The van der Waals surface area contributed by atoms with Gasteiger partial charge in [0.05, 0.1) is 25.1 Å². The number of methoxy groups -OCH3 is 2. The molecular weight excluding hydrogens is 503 g/mol. The van der Waals surface area contributed by atoms with Crippen molar-refractivity contribution in [2.45, 2.75) is 26.6 Å². The molecule has 1 aliphatic rings. The maximum absolute atomic E-state index is 14.2. The van der Waals surface area contributed by atoms with Crippen LogP contribution in [-0.4, -0.2) is 33.7 Å². The van der Waals surface area contributed by atoms with Crippen molar-refractivity contribution in [3.05, 3.63) is 111 Å². The van der Waals surface area contributed by atoms with Gasteiger partial charge in [-0.2, -0.15) is 0 Å². The lowest BCUT2D eigenvalue weighted by atomic mass is 9.89. The van der Waals surface area contributed by atoms with Crippen molar-refractivity contribution in [3.8, 4) is 11.5 Å². The molecule has 0 saturated heterocycles. The van der Waals surface area contributed by atoms with Gasteiger partial charge >= 0.3 is 5.76 Å². The van der Waals surface area contributed by atoms with Crippen LogP contribution in [0.1, 0.15) is 46.4 Å². The van der Waals surface area contributed by atoms with E-state index >= 15 is 0 Å². The highest BCUT2D eigenvalue weighted by Gasteiger charge is 2.24. The molecule has 0 radical (unpaired) electrons. The summed E-state index contributed by atoms with van der Waals surface area (Å²) in [5.74, 6) is 0.329. The summed E-state index contributed by atoms with van der Waals surface area (Å²) in [5.41, 5.74) is 7.49. The van der Waals surface area contributed by atoms with Gasteiger partial charge in [0, 0.05) is 36.9 Å². The number of ether oxygens (including phenoxy) is 3. The summed E-state index contributed by atoms with van der Waals surface area (Å²) in [5, 5.41) is 3.87. The molecule has 10 heteroatoms. The second-order valence-electron chi connectivity index (χ2n) is 9.25. The Kier molecular flexibility index (Phi) is 6.24. The van der Waals surface area contributed by atoms with Crippen LogP contribution in [0.25, 0.3) is 16.8 Å². The Morgan fingerprint density at radius 3 is 2.77 bits per heavy atom. The molecule has 0 atom stereocenters. The van der Waals surface area contributed by atoms with E-state index in [1.54, 1.807) is 20.3 Å². The van der Waals surface area contributed by atoms with Crippen molar-refractivity contribution in [2.24, 2.45) is 0 Å². The average Bonchev–Trinajstić information content (AvgIpc) is 3.48. The highest BCUT2D eigenvalue weighted by atomic mass is 19.1. The molecule has 6 rings (SSSR count). The number of halogens is 1. The molecule has 0 aliphatic carbocycles. The second-order valence-corrected chi connectivity index (χ2v) is 9.25. The zero-order valence-electron chi connectivity index (χ0n) is 21.6. The number of aromatic amines is 1. The lowest BCUT2D eigenvalue weighted by molar-refractivity contribution is 0.181. The first-order valence-electron chi connectivity index (χ1n) is 12.3. The Hall–Kier alpha value is -4.70. The van der Waals surface area contributed by atoms with Crippen molar-refractivity contribution in [1.82, 2.24) is 19.5 Å². The maximum atomic E-state index is 14.2. The lowest BCUT2D eigenvalue weighted by Gasteiger charge is -2.14. The van der Waals surface area contributed by atoms with E-state index in [-0.39, 0.29) is 6.61 Å². The summed E-state index contributed by atoms with van der Waals surface area (Å²) in [6.07, 6.45) is 2.54. The minimum atomic E-state index is -0.652. The first-order valence-corrected chi connectivity index (χ1v) is 12.3. The quantitative estimate of drug-likeness (QED) is 0.339. The summed E-state index contributed by atoms with van der Waals surface area (Å²) < 4.78 is 38.0. The summed E-state index contributed by atoms with van der Waals surface area (Å²) in [4.78, 5) is 19.1. The van der Waals surface area contributed by atoms with Gasteiger partial charge in [-0.1, -0.05) is 23.4 Å². The summed E-state index contributed by atoms with van der Waals surface area (Å²) in [6, 6.07) is 14.4. The van der Waals surface area contributed by atoms with Gasteiger partial charge in [-0.3, -0.25) is 9.51 Å².